The molecule has 91 heavy (non-hydrogen) atoms. The zero-order valence-corrected chi connectivity index (χ0v) is 53.5. The SMILES string of the molecule is [2H]C([2H])([2H])[Si](C)(c1cc(-c2ccccc2)nc(-c2ccccc2)n1)C1([Si](C)(C)c2cc(-c3ccccc3)nc(-c3ccccc3)n2)c2ccccc2Oc2c1cccc2[Si](c1ccccc1)(c1ccccc1)c1cccc(-n2c3ccccc3n3c4ccccc4nc23)c1. The Balaban J connectivity index is 1.06. The first kappa shape index (κ1) is 52.3. The molecule has 16 rings (SSSR count). The van der Waals surface area contributed by atoms with Gasteiger partial charge in [-0.1, -0.05) is 281 Å². The average molecular weight is 1230 g/mol. The number of para-hydroxylation sites is 6. The van der Waals surface area contributed by atoms with Crippen molar-refractivity contribution in [2.75, 3.05) is 0 Å². The Morgan fingerprint density at radius 1 is 0.385 bits per heavy atom. The molecule has 0 N–H and O–H groups in total. The van der Waals surface area contributed by atoms with Gasteiger partial charge in [-0.2, -0.15) is 0 Å². The van der Waals surface area contributed by atoms with E-state index in [2.05, 4.69) is 198 Å². The van der Waals surface area contributed by atoms with Crippen molar-refractivity contribution >= 4 is 83.4 Å². The molecule has 15 aromatic rings. The van der Waals surface area contributed by atoms with E-state index >= 15 is 0 Å². The summed E-state index contributed by atoms with van der Waals surface area (Å²) < 4.78 is 43.5. The Labute approximate surface area is 536 Å². The van der Waals surface area contributed by atoms with Crippen molar-refractivity contribution in [3.63, 3.8) is 0 Å². The minimum absolute atomic E-state index is 0.444. The quantitative estimate of drug-likeness (QED) is 0.0845. The molecule has 8 nitrogen and oxygen atoms in total. The highest BCUT2D eigenvalue weighted by Gasteiger charge is 2.66. The van der Waals surface area contributed by atoms with Crippen LogP contribution in [0.1, 0.15) is 15.2 Å². The van der Waals surface area contributed by atoms with E-state index in [0.29, 0.717) is 34.2 Å². The van der Waals surface area contributed by atoms with Crippen molar-refractivity contribution in [3.05, 3.63) is 321 Å². The molecule has 0 radical (unpaired) electrons. The van der Waals surface area contributed by atoms with Crippen LogP contribution in [0.15, 0.2) is 309 Å². The summed E-state index contributed by atoms with van der Waals surface area (Å²) in [6, 6.07) is 107. The first-order valence-electron chi connectivity index (χ1n) is 32.4. The van der Waals surface area contributed by atoms with Crippen LogP contribution in [0.4, 0.5) is 0 Å². The van der Waals surface area contributed by atoms with Crippen LogP contribution in [-0.4, -0.2) is 58.1 Å². The highest BCUT2D eigenvalue weighted by molar-refractivity contribution is 7.20. The zero-order valence-electron chi connectivity index (χ0n) is 53.5. The smallest absolute Gasteiger partial charge is 0.220 e. The van der Waals surface area contributed by atoms with E-state index in [1.807, 2.05) is 140 Å². The standard InChI is InChI=1S/C80H63N7OSi3/c1-89(2,74-54-67(56-31-11-5-12-32-56)81-77(84-74)58-35-15-7-16-36-58)80(90(3,4)75-55-68(57-33-13-6-14-34-57)82-78(85-75)59-37-17-8-18-38-59)64-45-23-28-51-72(64)88-76-65(80)46-30-52-73(76)91(61-40-19-9-20-41-61,62-42-21-10-22-43-62)63-44-29-39-60(53-63)86-70-49-26-27-50-71(70)87-69-48-25-24-47-66(69)83-79(86)87/h5-55H,1-4H3/i1D3. The number of benzene rings is 11. The molecule has 11 heteroatoms. The third-order valence-electron chi connectivity index (χ3n) is 18.9. The minimum atomic E-state index is -4.58. The number of hydrogen-bond donors (Lipinski definition) is 0. The summed E-state index contributed by atoms with van der Waals surface area (Å²) in [6.07, 6.45) is 0. The summed E-state index contributed by atoms with van der Waals surface area (Å²) in [6.45, 7) is 4.08. The lowest BCUT2D eigenvalue weighted by Gasteiger charge is -2.57. The highest BCUT2D eigenvalue weighted by Crippen LogP contribution is 2.57. The Bertz CT molecular complexity index is 5200. The van der Waals surface area contributed by atoms with E-state index in [9.17, 15) is 4.11 Å². The Morgan fingerprint density at radius 2 is 0.846 bits per heavy atom. The molecular formula is C80H63N7OSi3. The molecule has 0 bridgehead atoms. The topological polar surface area (TPSA) is 83.0 Å². The maximum atomic E-state index is 10.8. The van der Waals surface area contributed by atoms with Crippen LogP contribution in [0.5, 0.6) is 11.5 Å². The fraction of sp³-hybridized carbons (Fsp3) is 0.0625. The molecule has 436 valence electrons. The molecular weight excluding hydrogens is 1160 g/mol. The minimum Gasteiger partial charge on any atom is -0.457 e. The first-order chi connectivity index (χ1) is 45.9. The van der Waals surface area contributed by atoms with Gasteiger partial charge in [-0.3, -0.25) is 8.97 Å². The van der Waals surface area contributed by atoms with Gasteiger partial charge in [0.25, 0.3) is 0 Å². The Morgan fingerprint density at radius 3 is 1.43 bits per heavy atom. The predicted molar refractivity (Wildman–Crippen MR) is 380 cm³/mol. The fourth-order valence-electron chi connectivity index (χ4n) is 14.8. The average Bonchev–Trinajstić information content (AvgIpc) is 0.814. The van der Waals surface area contributed by atoms with E-state index < -0.39 is 35.4 Å². The maximum absolute atomic E-state index is 10.8. The predicted octanol–water partition coefficient (Wildman–Crippen LogP) is 14.8. The van der Waals surface area contributed by atoms with Crippen molar-refractivity contribution in [2.24, 2.45) is 0 Å². The number of aromatic nitrogens is 7. The summed E-state index contributed by atoms with van der Waals surface area (Å²) in [7, 11) is -12.1. The van der Waals surface area contributed by atoms with E-state index in [-0.39, 0.29) is 0 Å². The number of hydrogen-bond acceptors (Lipinski definition) is 6. The number of imidazole rings is 2. The summed E-state index contributed by atoms with van der Waals surface area (Å²) in [5.74, 6) is 3.01. The van der Waals surface area contributed by atoms with Gasteiger partial charge in [-0.05, 0) is 75.3 Å². The molecule has 0 fully saturated rings. The van der Waals surface area contributed by atoms with Gasteiger partial charge in [0.1, 0.15) is 27.6 Å². The van der Waals surface area contributed by atoms with Gasteiger partial charge in [0.2, 0.25) is 5.78 Å². The Kier molecular flexibility index (Phi) is 12.7. The number of rotatable bonds is 13. The Hall–Kier alpha value is -10.7. The van der Waals surface area contributed by atoms with Crippen molar-refractivity contribution in [1.82, 2.24) is 33.9 Å². The van der Waals surface area contributed by atoms with Crippen LogP contribution >= 0.6 is 0 Å². The van der Waals surface area contributed by atoms with Crippen molar-refractivity contribution in [3.8, 4) is 62.5 Å². The summed E-state index contributed by atoms with van der Waals surface area (Å²) in [5.41, 5.74) is 11.3. The maximum Gasteiger partial charge on any atom is 0.220 e. The van der Waals surface area contributed by atoms with Crippen molar-refractivity contribution < 1.29 is 8.85 Å². The fourth-order valence-corrected chi connectivity index (χ4v) is 31.1. The number of ether oxygens (including phenoxy) is 1. The second-order valence-corrected chi connectivity index (χ2v) is 36.6. The van der Waals surface area contributed by atoms with E-state index in [1.54, 1.807) is 0 Å². The van der Waals surface area contributed by atoms with E-state index in [4.69, 9.17) is 29.7 Å². The second-order valence-electron chi connectivity index (χ2n) is 24.3. The molecule has 2 unspecified atom stereocenters. The van der Waals surface area contributed by atoms with Gasteiger partial charge in [-0.25, -0.2) is 24.9 Å². The van der Waals surface area contributed by atoms with Gasteiger partial charge in [-0.15, -0.1) is 0 Å². The summed E-state index contributed by atoms with van der Waals surface area (Å²) in [5, 5.41) is 5.58. The van der Waals surface area contributed by atoms with E-state index in [0.717, 1.165) is 98.7 Å². The monoisotopic (exact) mass is 1220 g/mol. The summed E-state index contributed by atoms with van der Waals surface area (Å²) in [4.78, 5) is 27.6. The lowest BCUT2D eigenvalue weighted by Crippen LogP contribution is -2.78. The van der Waals surface area contributed by atoms with Crippen LogP contribution in [0, 0.1) is 0 Å². The largest absolute Gasteiger partial charge is 0.457 e. The van der Waals surface area contributed by atoms with E-state index in [1.165, 1.54) is 0 Å². The van der Waals surface area contributed by atoms with Crippen LogP contribution in [-0.2, 0) is 4.66 Å². The van der Waals surface area contributed by atoms with Crippen molar-refractivity contribution in [1.29, 1.82) is 0 Å². The molecule has 11 aromatic carbocycles. The van der Waals surface area contributed by atoms with Crippen LogP contribution in [0.25, 0.3) is 78.8 Å². The lowest BCUT2D eigenvalue weighted by atomic mass is 9.98. The lowest BCUT2D eigenvalue weighted by molar-refractivity contribution is 0.453. The van der Waals surface area contributed by atoms with Crippen LogP contribution < -0.4 is 36.1 Å². The molecule has 4 aromatic heterocycles. The molecule has 1 aliphatic heterocycles. The molecule has 2 atom stereocenters. The zero-order chi connectivity index (χ0) is 63.8. The van der Waals surface area contributed by atoms with Gasteiger partial charge in [0, 0.05) is 58.5 Å². The van der Waals surface area contributed by atoms with Gasteiger partial charge in [0.15, 0.2) is 19.7 Å². The first-order valence-corrected chi connectivity index (χ1v) is 38.4. The third-order valence-corrected chi connectivity index (χ3v) is 34.3. The number of nitrogens with zero attached hydrogens (tertiary/aromatic N) is 7. The van der Waals surface area contributed by atoms with Gasteiger partial charge in [0.05, 0.1) is 33.5 Å². The third kappa shape index (κ3) is 8.78. The van der Waals surface area contributed by atoms with Crippen LogP contribution in [0.2, 0.25) is 26.1 Å². The summed E-state index contributed by atoms with van der Waals surface area (Å²) >= 11 is 0. The highest BCUT2D eigenvalue weighted by atomic mass is 28.4. The van der Waals surface area contributed by atoms with Gasteiger partial charge >= 0.3 is 0 Å². The van der Waals surface area contributed by atoms with Crippen LogP contribution in [0.3, 0.4) is 0 Å². The van der Waals surface area contributed by atoms with Gasteiger partial charge < -0.3 is 4.74 Å². The van der Waals surface area contributed by atoms with Crippen molar-refractivity contribution in [2.45, 2.75) is 30.8 Å². The molecule has 0 aliphatic carbocycles. The molecule has 1 aliphatic rings. The molecule has 0 spiro atoms. The number of fused-ring (bicyclic) bond motifs is 7. The normalized spacial score (nSPS) is 15.2. The second kappa shape index (κ2) is 22.1. The molecule has 0 saturated heterocycles. The molecule has 0 amide bonds. The molecule has 5 heterocycles. The molecule has 0 saturated carbocycles.